The summed E-state index contributed by atoms with van der Waals surface area (Å²) in [7, 11) is 10.0. The van der Waals surface area contributed by atoms with Gasteiger partial charge in [0.05, 0.1) is 37.8 Å². The molecule has 0 aromatic rings. The van der Waals surface area contributed by atoms with Crippen molar-refractivity contribution in [1.82, 2.24) is 60.5 Å². The number of aliphatic hydroxyl groups is 1. The van der Waals surface area contributed by atoms with E-state index >= 15 is 28.8 Å². The van der Waals surface area contributed by atoms with E-state index in [-0.39, 0.29) is 68.3 Å². The molecule has 2 aliphatic carbocycles. The first-order chi connectivity index (χ1) is 46.8. The maximum Gasteiger partial charge on any atom is 0.248 e. The van der Waals surface area contributed by atoms with Crippen molar-refractivity contribution in [2.75, 3.05) is 82.1 Å². The summed E-state index contributed by atoms with van der Waals surface area (Å²) in [6.07, 6.45) is 11.3. The van der Waals surface area contributed by atoms with E-state index in [4.69, 9.17) is 4.74 Å². The van der Waals surface area contributed by atoms with Crippen molar-refractivity contribution in [1.29, 1.82) is 0 Å². The number of ether oxygens (including phenoxy) is 1. The Bertz CT molecular complexity index is 2740. The molecule has 26 heteroatoms. The first-order valence-electron chi connectivity index (χ1n) is 37.4. The zero-order valence-electron chi connectivity index (χ0n) is 64.5. The minimum Gasteiger partial charge on any atom is -0.391 e. The van der Waals surface area contributed by atoms with Crippen molar-refractivity contribution >= 4 is 70.9 Å². The summed E-state index contributed by atoms with van der Waals surface area (Å²) >= 11 is 0. The van der Waals surface area contributed by atoms with Crippen LogP contribution in [0.15, 0.2) is 0 Å². The summed E-state index contributed by atoms with van der Waals surface area (Å²) < 4.78 is 6.22. The monoisotopic (exact) mass is 1410 g/mol. The second kappa shape index (κ2) is 40.4. The molecule has 2 heterocycles. The van der Waals surface area contributed by atoms with E-state index in [0.717, 1.165) is 80.4 Å². The summed E-state index contributed by atoms with van der Waals surface area (Å²) in [4.78, 5) is 190. The van der Waals surface area contributed by atoms with Gasteiger partial charge < -0.3 is 70.3 Å². The smallest absolute Gasteiger partial charge is 0.248 e. The molecular formula is C74H130N12O14. The van der Waals surface area contributed by atoms with Gasteiger partial charge in [-0.3, -0.25) is 57.5 Å². The predicted molar refractivity (Wildman–Crippen MR) is 383 cm³/mol. The lowest BCUT2D eigenvalue weighted by atomic mass is 9.84. The van der Waals surface area contributed by atoms with Crippen molar-refractivity contribution in [3.8, 4) is 0 Å². The number of carbonyl (C=O) groups is 12. The Labute approximate surface area is 597 Å². The summed E-state index contributed by atoms with van der Waals surface area (Å²) in [5.41, 5.74) is -0.834. The number of likely N-dealkylation sites (tertiary alicyclic amines) is 1. The van der Waals surface area contributed by atoms with Crippen LogP contribution in [0.5, 0.6) is 0 Å². The van der Waals surface area contributed by atoms with Crippen molar-refractivity contribution in [3.05, 3.63) is 0 Å². The van der Waals surface area contributed by atoms with Gasteiger partial charge in [-0.2, -0.15) is 0 Å². The van der Waals surface area contributed by atoms with Crippen LogP contribution < -0.4 is 21.3 Å². The Balaban J connectivity index is 1.94. The summed E-state index contributed by atoms with van der Waals surface area (Å²) in [6.45, 7) is 20.7. The molecule has 0 radical (unpaired) electrons. The van der Waals surface area contributed by atoms with Gasteiger partial charge in [0, 0.05) is 62.4 Å². The Kier molecular flexibility index (Phi) is 34.7. The van der Waals surface area contributed by atoms with Gasteiger partial charge in [-0.25, -0.2) is 0 Å². The molecular weight excluding hydrogens is 1280 g/mol. The fourth-order valence-corrected chi connectivity index (χ4v) is 14.2. The fourth-order valence-electron chi connectivity index (χ4n) is 14.2. The van der Waals surface area contributed by atoms with E-state index in [1.165, 1.54) is 80.8 Å². The largest absolute Gasteiger partial charge is 0.391 e. The van der Waals surface area contributed by atoms with Crippen LogP contribution in [-0.4, -0.2) is 263 Å². The van der Waals surface area contributed by atoms with E-state index in [9.17, 15) is 33.9 Å². The van der Waals surface area contributed by atoms with Gasteiger partial charge >= 0.3 is 0 Å². The predicted octanol–water partition coefficient (Wildman–Crippen LogP) is 5.10. The van der Waals surface area contributed by atoms with E-state index in [2.05, 4.69) is 21.3 Å². The molecule has 26 nitrogen and oxygen atoms in total. The molecule has 12 amide bonds. The highest BCUT2D eigenvalue weighted by molar-refractivity contribution is 6.00. The van der Waals surface area contributed by atoms with Crippen LogP contribution in [0.3, 0.4) is 0 Å². The normalized spacial score (nSPS) is 27.1. The van der Waals surface area contributed by atoms with Gasteiger partial charge in [-0.1, -0.05) is 126 Å². The molecule has 4 rings (SSSR count). The number of rotatable bonds is 17. The summed E-state index contributed by atoms with van der Waals surface area (Å²) in [5.74, 6) is -8.93. The number of aliphatic hydroxyl groups excluding tert-OH is 1. The Morgan fingerprint density at radius 1 is 0.480 bits per heavy atom. The number of likely N-dealkylation sites (N-methyl/N-ethyl adjacent to an activating group) is 7. The van der Waals surface area contributed by atoms with Crippen molar-refractivity contribution in [2.45, 2.75) is 284 Å². The average Bonchev–Trinajstić information content (AvgIpc) is 0.825. The molecule has 11 atom stereocenters. The lowest BCUT2D eigenvalue weighted by molar-refractivity contribution is -0.151. The molecule has 2 saturated carbocycles. The number of nitrogens with zero attached hydrogens (tertiary/aromatic N) is 8. The highest BCUT2D eigenvalue weighted by Gasteiger charge is 2.44. The highest BCUT2D eigenvalue weighted by Crippen LogP contribution is 2.31. The quantitative estimate of drug-likeness (QED) is 0.127. The maximum absolute atomic E-state index is 15.4. The van der Waals surface area contributed by atoms with Gasteiger partial charge in [0.1, 0.15) is 54.4 Å². The number of hydrogen-bond acceptors (Lipinski definition) is 14. The van der Waals surface area contributed by atoms with Crippen molar-refractivity contribution < 1.29 is 67.4 Å². The van der Waals surface area contributed by atoms with Crippen molar-refractivity contribution in [3.63, 3.8) is 0 Å². The van der Waals surface area contributed by atoms with Crippen LogP contribution in [0.25, 0.3) is 0 Å². The highest BCUT2D eigenvalue weighted by atomic mass is 16.5. The standard InChI is InChI=1S/C74H130N12O14/c1-20-49(8)63-73(99)85(19)58(40-48(6)7)67(93)78-64(50(9)87)72(98)80(14)44-62(90)81(15)55(35-34-51-30-24-21-25-31-51)71(97)84(18)57(39-47(4)5)66(92)76-54(45-100-74(10,11)12)69(95)83(17)56(38-46(2)3)65(91)75-53(70(96)86-36-28-23-29-37-86)42-60(88)79(13)43-61(89)82(16)59(68(94)77-63)41-52-32-26-22-27-33-52/h46-59,63-64,87H,20-45H2,1-19H3,(H,75,91)(H,76,92)(H,77,94)(H,78,93)/t49-,50+,53+,54-,55-,56-,57-,58-,59-,63-,64-/m1/s1. The molecule has 0 aromatic carbocycles. The molecule has 100 heavy (non-hydrogen) atoms. The van der Waals surface area contributed by atoms with Gasteiger partial charge in [0.15, 0.2) is 0 Å². The fraction of sp³-hybridized carbons (Fsp3) is 0.838. The second-order valence-electron chi connectivity index (χ2n) is 31.8. The van der Waals surface area contributed by atoms with Crippen LogP contribution >= 0.6 is 0 Å². The molecule has 0 aromatic heterocycles. The zero-order valence-corrected chi connectivity index (χ0v) is 64.5. The first-order valence-corrected chi connectivity index (χ1v) is 37.4. The molecule has 0 spiro atoms. The van der Waals surface area contributed by atoms with Crippen molar-refractivity contribution in [2.24, 2.45) is 35.5 Å². The van der Waals surface area contributed by atoms with Crippen LogP contribution in [0.2, 0.25) is 0 Å². The maximum atomic E-state index is 15.4. The minimum atomic E-state index is -1.62. The van der Waals surface area contributed by atoms with Gasteiger partial charge in [0.25, 0.3) is 0 Å². The van der Waals surface area contributed by atoms with Crippen LogP contribution in [0.1, 0.15) is 218 Å². The van der Waals surface area contributed by atoms with E-state index in [1.54, 1.807) is 32.6 Å². The Morgan fingerprint density at radius 3 is 1.40 bits per heavy atom. The molecule has 2 aliphatic heterocycles. The molecule has 2 saturated heterocycles. The minimum absolute atomic E-state index is 0.0359. The van der Waals surface area contributed by atoms with E-state index in [0.29, 0.717) is 38.8 Å². The molecule has 4 fully saturated rings. The molecule has 0 unspecified atom stereocenters. The number of nitrogens with one attached hydrogen (secondary N) is 4. The van der Waals surface area contributed by atoms with Gasteiger partial charge in [-0.05, 0) is 121 Å². The summed E-state index contributed by atoms with van der Waals surface area (Å²) in [5, 5.41) is 22.8. The average molecular weight is 1410 g/mol. The van der Waals surface area contributed by atoms with Crippen LogP contribution in [0.4, 0.5) is 0 Å². The summed E-state index contributed by atoms with van der Waals surface area (Å²) in [6, 6.07) is -11.7. The van der Waals surface area contributed by atoms with Gasteiger partial charge in [-0.15, -0.1) is 0 Å². The molecule has 570 valence electrons. The second-order valence-corrected chi connectivity index (χ2v) is 31.8. The molecule has 0 bridgehead atoms. The Morgan fingerprint density at radius 2 is 0.910 bits per heavy atom. The lowest BCUT2D eigenvalue weighted by Gasteiger charge is -2.38. The van der Waals surface area contributed by atoms with Crippen LogP contribution in [0, 0.1) is 35.5 Å². The number of piperidine rings is 1. The number of carbonyl (C=O) groups excluding carboxylic acids is 12. The lowest BCUT2D eigenvalue weighted by Crippen LogP contribution is -2.62. The third-order valence-corrected chi connectivity index (χ3v) is 20.9. The topological polar surface area (TPSA) is 308 Å². The number of hydrogen-bond donors (Lipinski definition) is 5. The van der Waals surface area contributed by atoms with E-state index in [1.807, 2.05) is 48.5 Å². The van der Waals surface area contributed by atoms with Crippen LogP contribution in [-0.2, 0) is 62.3 Å². The number of amides is 12. The third-order valence-electron chi connectivity index (χ3n) is 20.9. The SMILES string of the molecule is CC[C@@H](C)[C@H]1NC(=O)[C@@H](CC2CCCCC2)N(C)C(=O)CN(C)C(=O)C[C@@H](C(=O)N2CCCCC2)NC(=O)[C@@H](CC(C)C)N(C)C(=O)[C@@H](COC(C)(C)C)NC(=O)[C@@H](CC(C)C)N(C)C(=O)[C@@H](CCC2CCCCC2)N(C)C(=O)CN(C)C(=O)[C@@H]([C@H](C)O)NC(=O)[C@@H](CC(C)C)N(C)C1=O. The molecule has 4 aliphatic rings. The first kappa shape index (κ1) is 86.0. The Hall–Kier alpha value is -6.44. The third kappa shape index (κ3) is 25.8. The molecule has 5 N–H and O–H groups in total. The van der Waals surface area contributed by atoms with E-state index < -0.39 is 162 Å². The zero-order chi connectivity index (χ0) is 75.2. The van der Waals surface area contributed by atoms with Gasteiger partial charge in [0.2, 0.25) is 70.9 Å².